The van der Waals surface area contributed by atoms with Gasteiger partial charge in [0.05, 0.1) is 12.0 Å². The van der Waals surface area contributed by atoms with Crippen LogP contribution in [0, 0.1) is 5.92 Å². The largest absolute Gasteiger partial charge is 0.324 e. The topological polar surface area (TPSA) is 54.5 Å². The molecule has 1 aliphatic heterocycles. The summed E-state index contributed by atoms with van der Waals surface area (Å²) in [6, 6.07) is -0.266. The summed E-state index contributed by atoms with van der Waals surface area (Å²) in [5.41, 5.74) is 0. The second-order valence-corrected chi connectivity index (χ2v) is 8.49. The Morgan fingerprint density at radius 2 is 1.80 bits per heavy atom. The maximum atomic E-state index is 11.5. The molecule has 86 valence electrons. The second-order valence-electron chi connectivity index (χ2n) is 3.75. The SMILES string of the molecule is O=C1C2CC(Br)C(Br)CC2N1S(=O)(=O)Cl. The summed E-state index contributed by atoms with van der Waals surface area (Å²) in [6.45, 7) is 0. The summed E-state index contributed by atoms with van der Waals surface area (Å²) in [5, 5.41) is 0. The van der Waals surface area contributed by atoms with E-state index in [1.165, 1.54) is 0 Å². The molecule has 0 aromatic carbocycles. The maximum Gasteiger partial charge on any atom is 0.324 e. The number of rotatable bonds is 1. The first-order chi connectivity index (χ1) is 6.82. The van der Waals surface area contributed by atoms with Crippen molar-refractivity contribution >= 4 is 57.7 Å². The lowest BCUT2D eigenvalue weighted by atomic mass is 9.78. The molecule has 4 unspecified atom stereocenters. The summed E-state index contributed by atoms with van der Waals surface area (Å²) in [6.07, 6.45) is 1.26. The van der Waals surface area contributed by atoms with E-state index in [1.54, 1.807) is 0 Å². The number of fused-ring (bicyclic) bond motifs is 1. The van der Waals surface area contributed by atoms with Crippen molar-refractivity contribution in [2.45, 2.75) is 28.5 Å². The van der Waals surface area contributed by atoms with Crippen molar-refractivity contribution in [3.05, 3.63) is 0 Å². The van der Waals surface area contributed by atoms with Gasteiger partial charge in [-0.3, -0.25) is 4.79 Å². The molecule has 0 spiro atoms. The molecule has 2 fully saturated rings. The van der Waals surface area contributed by atoms with Crippen molar-refractivity contribution < 1.29 is 13.2 Å². The maximum absolute atomic E-state index is 11.5. The molecule has 0 N–H and O–H groups in total. The molecule has 0 bridgehead atoms. The predicted octanol–water partition coefficient (Wildman–Crippen LogP) is 1.62. The van der Waals surface area contributed by atoms with E-state index in [0.29, 0.717) is 12.8 Å². The number of nitrogens with zero attached hydrogens (tertiary/aromatic N) is 1. The molecular weight excluding hydrogens is 373 g/mol. The van der Waals surface area contributed by atoms with Crippen molar-refractivity contribution in [2.75, 3.05) is 0 Å². The van der Waals surface area contributed by atoms with Crippen LogP contribution in [0.3, 0.4) is 0 Å². The van der Waals surface area contributed by atoms with E-state index in [4.69, 9.17) is 10.7 Å². The highest BCUT2D eigenvalue weighted by Gasteiger charge is 2.56. The van der Waals surface area contributed by atoms with E-state index < -0.39 is 9.24 Å². The Hall–Kier alpha value is 0.670. The zero-order chi connectivity index (χ0) is 11.4. The van der Waals surface area contributed by atoms with Gasteiger partial charge < -0.3 is 0 Å². The zero-order valence-electron chi connectivity index (χ0n) is 7.44. The molecule has 4 nitrogen and oxygen atoms in total. The minimum Gasteiger partial charge on any atom is -0.273 e. The molecule has 15 heavy (non-hydrogen) atoms. The molecule has 0 radical (unpaired) electrons. The Morgan fingerprint density at radius 1 is 1.27 bits per heavy atom. The zero-order valence-corrected chi connectivity index (χ0v) is 12.2. The molecule has 1 saturated heterocycles. The monoisotopic (exact) mass is 379 g/mol. The fourth-order valence-electron chi connectivity index (χ4n) is 2.13. The van der Waals surface area contributed by atoms with Crippen molar-refractivity contribution in [2.24, 2.45) is 5.92 Å². The van der Waals surface area contributed by atoms with Gasteiger partial charge in [0, 0.05) is 20.3 Å². The molecule has 1 amide bonds. The fraction of sp³-hybridized carbons (Fsp3) is 0.857. The van der Waals surface area contributed by atoms with Gasteiger partial charge in [-0.05, 0) is 12.8 Å². The lowest BCUT2D eigenvalue weighted by Gasteiger charge is -2.49. The molecule has 1 heterocycles. The van der Waals surface area contributed by atoms with Gasteiger partial charge in [0.25, 0.3) is 0 Å². The number of halogens is 3. The second kappa shape index (κ2) is 3.85. The number of hydrogen-bond acceptors (Lipinski definition) is 3. The number of carbonyl (C=O) groups is 1. The highest BCUT2D eigenvalue weighted by Crippen LogP contribution is 2.45. The minimum atomic E-state index is -3.91. The molecule has 2 rings (SSSR count). The summed E-state index contributed by atoms with van der Waals surface area (Å²) in [5.74, 6) is -0.574. The number of hydrogen-bond donors (Lipinski definition) is 0. The van der Waals surface area contributed by atoms with E-state index in [0.717, 1.165) is 4.31 Å². The van der Waals surface area contributed by atoms with Crippen LogP contribution in [0.1, 0.15) is 12.8 Å². The molecular formula is C7H8Br2ClNO3S. The third-order valence-corrected chi connectivity index (χ3v) is 6.97. The summed E-state index contributed by atoms with van der Waals surface area (Å²) >= 11 is 6.90. The van der Waals surface area contributed by atoms with Gasteiger partial charge in [0.2, 0.25) is 5.91 Å². The van der Waals surface area contributed by atoms with Gasteiger partial charge in [-0.2, -0.15) is 8.42 Å². The Morgan fingerprint density at radius 3 is 2.33 bits per heavy atom. The first-order valence-corrected chi connectivity index (χ1v) is 8.48. The van der Waals surface area contributed by atoms with Gasteiger partial charge in [0.15, 0.2) is 0 Å². The Kier molecular flexibility index (Phi) is 3.12. The van der Waals surface area contributed by atoms with Gasteiger partial charge in [-0.25, -0.2) is 4.31 Å². The van der Waals surface area contributed by atoms with Crippen molar-refractivity contribution in [3.63, 3.8) is 0 Å². The summed E-state index contributed by atoms with van der Waals surface area (Å²) in [4.78, 5) is 11.9. The third-order valence-electron chi connectivity index (χ3n) is 2.87. The molecule has 4 atom stereocenters. The minimum absolute atomic E-state index is 0.174. The third kappa shape index (κ3) is 1.96. The lowest BCUT2D eigenvalue weighted by Crippen LogP contribution is -2.65. The average Bonchev–Trinajstić information content (AvgIpc) is 2.08. The summed E-state index contributed by atoms with van der Waals surface area (Å²) in [7, 11) is 1.28. The number of amides is 1. The van der Waals surface area contributed by atoms with Crippen LogP contribution < -0.4 is 0 Å². The molecule has 0 aromatic heterocycles. The van der Waals surface area contributed by atoms with E-state index in [-0.39, 0.29) is 27.5 Å². The van der Waals surface area contributed by atoms with Crippen LogP contribution >= 0.6 is 42.5 Å². The normalized spacial score (nSPS) is 41.0. The van der Waals surface area contributed by atoms with E-state index in [9.17, 15) is 13.2 Å². The van der Waals surface area contributed by atoms with Gasteiger partial charge in [-0.15, -0.1) is 0 Å². The molecule has 1 saturated carbocycles. The molecule has 2 aliphatic rings. The average molecular weight is 381 g/mol. The quantitative estimate of drug-likeness (QED) is 0.394. The van der Waals surface area contributed by atoms with Crippen molar-refractivity contribution in [3.8, 4) is 0 Å². The number of alkyl halides is 2. The van der Waals surface area contributed by atoms with Crippen LogP contribution in [-0.4, -0.2) is 34.3 Å². The predicted molar refractivity (Wildman–Crippen MR) is 63.6 cm³/mol. The Labute approximate surface area is 109 Å². The van der Waals surface area contributed by atoms with E-state index in [2.05, 4.69) is 31.9 Å². The van der Waals surface area contributed by atoms with Gasteiger partial charge in [0.1, 0.15) is 0 Å². The van der Waals surface area contributed by atoms with Gasteiger partial charge in [-0.1, -0.05) is 31.9 Å². The summed E-state index contributed by atoms with van der Waals surface area (Å²) < 4.78 is 23.0. The number of β-lactam (4-membered cyclic amide) rings is 1. The molecule has 8 heteroatoms. The lowest BCUT2D eigenvalue weighted by molar-refractivity contribution is -0.148. The van der Waals surface area contributed by atoms with Crippen LogP contribution in [0.2, 0.25) is 0 Å². The van der Waals surface area contributed by atoms with Crippen LogP contribution in [0.4, 0.5) is 0 Å². The smallest absolute Gasteiger partial charge is 0.273 e. The standard InChI is InChI=1S/C7H8Br2ClNO3S/c8-4-1-3-6(2-5(4)9)11(7(3)12)15(10,13)14/h3-6H,1-2H2. The Balaban J connectivity index is 2.20. The van der Waals surface area contributed by atoms with E-state index >= 15 is 0 Å². The fourth-order valence-corrected chi connectivity index (χ4v) is 4.76. The van der Waals surface area contributed by atoms with E-state index in [1.807, 2.05) is 0 Å². The van der Waals surface area contributed by atoms with Crippen LogP contribution in [0.15, 0.2) is 0 Å². The first-order valence-electron chi connectivity index (χ1n) is 4.38. The van der Waals surface area contributed by atoms with Crippen LogP contribution in [0.5, 0.6) is 0 Å². The number of carbonyl (C=O) groups excluding carboxylic acids is 1. The first kappa shape index (κ1) is 12.1. The highest BCUT2D eigenvalue weighted by atomic mass is 79.9. The highest BCUT2D eigenvalue weighted by molar-refractivity contribution is 9.12. The molecule has 0 aromatic rings. The van der Waals surface area contributed by atoms with Gasteiger partial charge >= 0.3 is 9.24 Å². The molecule has 1 aliphatic carbocycles. The Bertz CT molecular complexity index is 401. The van der Waals surface area contributed by atoms with Crippen molar-refractivity contribution in [1.82, 2.24) is 4.31 Å². The van der Waals surface area contributed by atoms with Crippen LogP contribution in [0.25, 0.3) is 0 Å². The van der Waals surface area contributed by atoms with Crippen molar-refractivity contribution in [1.29, 1.82) is 0 Å². The van der Waals surface area contributed by atoms with Crippen LogP contribution in [-0.2, 0) is 14.0 Å².